The third kappa shape index (κ3) is 4.18. The van der Waals surface area contributed by atoms with Gasteiger partial charge in [0.25, 0.3) is 0 Å². The zero-order chi connectivity index (χ0) is 23.8. The van der Waals surface area contributed by atoms with Crippen LogP contribution in [-0.2, 0) is 24.5 Å². The number of hydrogen-bond donors (Lipinski definition) is 2. The van der Waals surface area contributed by atoms with Gasteiger partial charge in [-0.1, -0.05) is 91.0 Å². The van der Waals surface area contributed by atoms with Gasteiger partial charge in [-0.3, -0.25) is 0 Å². The fourth-order valence-corrected chi connectivity index (χ4v) is 5.04. The van der Waals surface area contributed by atoms with Crippen LogP contribution in [0.1, 0.15) is 30.5 Å². The normalized spacial score (nSPS) is 26.8. The second kappa shape index (κ2) is 9.23. The third-order valence-corrected chi connectivity index (χ3v) is 6.52. The number of fused-ring (bicyclic) bond motifs is 1. The highest BCUT2D eigenvalue weighted by Crippen LogP contribution is 2.42. The molecule has 0 bridgehead atoms. The molecule has 178 valence electrons. The molecule has 6 heteroatoms. The van der Waals surface area contributed by atoms with Crippen LogP contribution in [0.3, 0.4) is 0 Å². The first-order valence-corrected chi connectivity index (χ1v) is 11.7. The molecule has 2 aliphatic heterocycles. The quantitative estimate of drug-likeness (QED) is 0.524. The molecule has 0 amide bonds. The molecule has 2 fully saturated rings. The molecule has 0 aliphatic carbocycles. The van der Waals surface area contributed by atoms with Gasteiger partial charge in [-0.2, -0.15) is 0 Å². The van der Waals surface area contributed by atoms with Crippen LogP contribution in [0.5, 0.6) is 0 Å². The largest absolute Gasteiger partial charge is 0.366 e. The molecule has 2 heterocycles. The molecule has 2 saturated heterocycles. The van der Waals surface area contributed by atoms with E-state index in [1.54, 1.807) is 0 Å². The number of aliphatic hydroxyl groups excluding tert-OH is 1. The molecular weight excluding hydrogens is 430 g/mol. The van der Waals surface area contributed by atoms with Gasteiger partial charge in [0.05, 0.1) is 12.6 Å². The summed E-state index contributed by atoms with van der Waals surface area (Å²) in [7, 11) is 0. The van der Waals surface area contributed by atoms with Crippen LogP contribution in [0, 0.1) is 0 Å². The lowest BCUT2D eigenvalue weighted by Crippen LogP contribution is -2.48. The fourth-order valence-electron chi connectivity index (χ4n) is 5.04. The Kier molecular flexibility index (Phi) is 6.29. The number of ether oxygens (including phenoxy) is 4. The second-order valence-corrected chi connectivity index (χ2v) is 9.31. The van der Waals surface area contributed by atoms with Crippen LogP contribution < -0.4 is 5.73 Å². The minimum absolute atomic E-state index is 0.170. The Morgan fingerprint density at radius 3 is 1.74 bits per heavy atom. The zero-order valence-electron chi connectivity index (χ0n) is 19.4. The molecule has 3 aromatic carbocycles. The summed E-state index contributed by atoms with van der Waals surface area (Å²) < 4.78 is 24.4. The average molecular weight is 462 g/mol. The summed E-state index contributed by atoms with van der Waals surface area (Å²) in [6.45, 7) is 3.81. The maximum absolute atomic E-state index is 10.4. The number of benzene rings is 3. The van der Waals surface area contributed by atoms with Crippen molar-refractivity contribution in [1.29, 1.82) is 0 Å². The summed E-state index contributed by atoms with van der Waals surface area (Å²) in [5.41, 5.74) is 8.72. The molecule has 3 N–H and O–H groups in total. The van der Waals surface area contributed by atoms with Gasteiger partial charge in [0, 0.05) is 0 Å². The van der Waals surface area contributed by atoms with E-state index in [-0.39, 0.29) is 6.61 Å². The highest BCUT2D eigenvalue weighted by atomic mass is 16.8. The molecular formula is C28H31NO5. The molecule has 3 aromatic rings. The number of hydrogen-bond acceptors (Lipinski definition) is 6. The van der Waals surface area contributed by atoms with Crippen LogP contribution in [-0.4, -0.2) is 48.1 Å². The van der Waals surface area contributed by atoms with Gasteiger partial charge in [-0.25, -0.2) is 0 Å². The van der Waals surface area contributed by atoms with E-state index >= 15 is 0 Å². The van der Waals surface area contributed by atoms with E-state index in [0.717, 1.165) is 16.7 Å². The highest BCUT2D eigenvalue weighted by molar-refractivity contribution is 5.47. The Morgan fingerprint density at radius 2 is 1.26 bits per heavy atom. The first-order chi connectivity index (χ1) is 16.4. The Balaban J connectivity index is 1.50. The SMILES string of the molecule is CC1(C)O[C@H]2[C@@H]([C@H](N)COC(c3ccccc3)(c3ccccc3)c3ccccc3)O[C@H](O)[C@H]2O1. The van der Waals surface area contributed by atoms with Crippen molar-refractivity contribution in [2.45, 2.75) is 55.9 Å². The lowest BCUT2D eigenvalue weighted by atomic mass is 9.80. The van der Waals surface area contributed by atoms with E-state index in [1.807, 2.05) is 68.4 Å². The first kappa shape index (κ1) is 23.2. The van der Waals surface area contributed by atoms with Gasteiger partial charge in [0.2, 0.25) is 0 Å². The molecule has 2 aliphatic rings. The Morgan fingerprint density at radius 1 is 0.824 bits per heavy atom. The van der Waals surface area contributed by atoms with Gasteiger partial charge >= 0.3 is 0 Å². The Labute approximate surface area is 200 Å². The fraction of sp³-hybridized carbons (Fsp3) is 0.357. The van der Waals surface area contributed by atoms with Gasteiger partial charge in [-0.05, 0) is 30.5 Å². The summed E-state index contributed by atoms with van der Waals surface area (Å²) in [6.07, 6.45) is -2.71. The van der Waals surface area contributed by atoms with Crippen molar-refractivity contribution >= 4 is 0 Å². The van der Waals surface area contributed by atoms with Crippen molar-refractivity contribution in [3.63, 3.8) is 0 Å². The number of nitrogens with two attached hydrogens (primary N) is 1. The van der Waals surface area contributed by atoms with Crippen molar-refractivity contribution in [2.24, 2.45) is 5.73 Å². The highest BCUT2D eigenvalue weighted by Gasteiger charge is 2.56. The lowest BCUT2D eigenvalue weighted by molar-refractivity contribution is -0.223. The van der Waals surface area contributed by atoms with E-state index in [4.69, 9.17) is 24.7 Å². The van der Waals surface area contributed by atoms with Crippen LogP contribution in [0.25, 0.3) is 0 Å². The number of aliphatic hydroxyl groups is 1. The minimum Gasteiger partial charge on any atom is -0.366 e. The van der Waals surface area contributed by atoms with Crippen LogP contribution in [0.15, 0.2) is 91.0 Å². The molecule has 0 saturated carbocycles. The van der Waals surface area contributed by atoms with E-state index in [1.165, 1.54) is 0 Å². The first-order valence-electron chi connectivity index (χ1n) is 11.7. The standard InChI is InChI=1S/C28H31NO5/c1-27(2)33-24-23(32-26(30)25(24)34-27)22(29)18-31-28(19-12-6-3-7-13-19,20-14-8-4-9-15-20)21-16-10-5-11-17-21/h3-17,22-26,30H,18,29H2,1-2H3/t22-,23-,24+,25+,26+/m1/s1. The van der Waals surface area contributed by atoms with Gasteiger partial charge in [-0.15, -0.1) is 0 Å². The van der Waals surface area contributed by atoms with Crippen molar-refractivity contribution < 1.29 is 24.1 Å². The molecule has 34 heavy (non-hydrogen) atoms. The minimum atomic E-state index is -1.09. The third-order valence-electron chi connectivity index (χ3n) is 6.52. The summed E-state index contributed by atoms with van der Waals surface area (Å²) in [4.78, 5) is 0. The number of rotatable bonds is 7. The molecule has 6 nitrogen and oxygen atoms in total. The maximum Gasteiger partial charge on any atom is 0.184 e. The van der Waals surface area contributed by atoms with E-state index in [0.29, 0.717) is 0 Å². The molecule has 0 aromatic heterocycles. The molecule has 0 radical (unpaired) electrons. The van der Waals surface area contributed by atoms with Crippen molar-refractivity contribution in [2.75, 3.05) is 6.61 Å². The lowest BCUT2D eigenvalue weighted by Gasteiger charge is -2.37. The van der Waals surface area contributed by atoms with Gasteiger partial charge in [0.15, 0.2) is 12.1 Å². The van der Waals surface area contributed by atoms with Crippen molar-refractivity contribution in [1.82, 2.24) is 0 Å². The van der Waals surface area contributed by atoms with E-state index < -0.39 is 42.0 Å². The summed E-state index contributed by atoms with van der Waals surface area (Å²) >= 11 is 0. The van der Waals surface area contributed by atoms with Crippen LogP contribution in [0.4, 0.5) is 0 Å². The summed E-state index contributed by atoms with van der Waals surface area (Å²) in [5, 5.41) is 10.4. The Bertz CT molecular complexity index is 979. The van der Waals surface area contributed by atoms with Gasteiger partial charge < -0.3 is 29.8 Å². The molecule has 5 atom stereocenters. The molecule has 0 unspecified atom stereocenters. The summed E-state index contributed by atoms with van der Waals surface area (Å²) in [6, 6.07) is 29.8. The van der Waals surface area contributed by atoms with Crippen LogP contribution in [0.2, 0.25) is 0 Å². The predicted octanol–water partition coefficient (Wildman–Crippen LogP) is 3.56. The van der Waals surface area contributed by atoms with Crippen molar-refractivity contribution in [3.05, 3.63) is 108 Å². The molecule has 0 spiro atoms. The average Bonchev–Trinajstić information content (AvgIpc) is 3.34. The van der Waals surface area contributed by atoms with E-state index in [9.17, 15) is 5.11 Å². The Hall–Kier alpha value is -2.58. The zero-order valence-corrected chi connectivity index (χ0v) is 19.4. The summed E-state index contributed by atoms with van der Waals surface area (Å²) in [5.74, 6) is -0.805. The molecule has 5 rings (SSSR count). The van der Waals surface area contributed by atoms with Crippen LogP contribution >= 0.6 is 0 Å². The smallest absolute Gasteiger partial charge is 0.184 e. The van der Waals surface area contributed by atoms with Crippen molar-refractivity contribution in [3.8, 4) is 0 Å². The second-order valence-electron chi connectivity index (χ2n) is 9.31. The maximum atomic E-state index is 10.4. The monoisotopic (exact) mass is 461 g/mol. The van der Waals surface area contributed by atoms with E-state index in [2.05, 4.69) is 36.4 Å². The van der Waals surface area contributed by atoms with Gasteiger partial charge in [0.1, 0.15) is 23.9 Å². The topological polar surface area (TPSA) is 83.2 Å². The predicted molar refractivity (Wildman–Crippen MR) is 128 cm³/mol.